The number of aliphatic hydroxyl groups excluding tert-OH is 1. The van der Waals surface area contributed by atoms with Gasteiger partial charge in [0.05, 0.1) is 6.10 Å². The molecule has 1 heteroatoms. The van der Waals surface area contributed by atoms with Crippen molar-refractivity contribution in [1.29, 1.82) is 0 Å². The Morgan fingerprint density at radius 3 is 1.91 bits per heavy atom. The number of aliphatic hydroxyl groups is 1. The summed E-state index contributed by atoms with van der Waals surface area (Å²) in [4.78, 5) is 0. The third-order valence-corrected chi connectivity index (χ3v) is 6.32. The molecule has 0 amide bonds. The van der Waals surface area contributed by atoms with Crippen molar-refractivity contribution in [2.45, 2.75) is 13.0 Å². The summed E-state index contributed by atoms with van der Waals surface area (Å²) in [5.41, 5.74) is 0.772. The first-order valence-corrected chi connectivity index (χ1v) is 4.96. The zero-order chi connectivity index (χ0) is 7.12. The molecule has 58 valence electrons. The summed E-state index contributed by atoms with van der Waals surface area (Å²) >= 11 is 0. The zero-order valence-electron chi connectivity index (χ0n) is 6.57. The lowest BCUT2D eigenvalue weighted by molar-refractivity contribution is -0.440. The normalized spacial score (nSPS) is 96.5. The highest BCUT2D eigenvalue weighted by atomic mass is 16.3. The topological polar surface area (TPSA) is 20.2 Å². The number of hydrogen-bond acceptors (Lipinski definition) is 1. The largest absolute Gasteiger partial charge is 0.393 e. The lowest BCUT2D eigenvalue weighted by Gasteiger charge is -2.90. The molecule has 1 N–H and O–H groups in total. The fourth-order valence-corrected chi connectivity index (χ4v) is 6.44. The van der Waals surface area contributed by atoms with Gasteiger partial charge in [-0.05, 0) is 46.8 Å². The van der Waals surface area contributed by atoms with Crippen LogP contribution in [0.5, 0.6) is 0 Å². The van der Waals surface area contributed by atoms with E-state index in [0.717, 1.165) is 46.8 Å². The third-order valence-electron chi connectivity index (χ3n) is 6.32. The van der Waals surface area contributed by atoms with Crippen LogP contribution in [0.15, 0.2) is 0 Å². The fourth-order valence-electron chi connectivity index (χ4n) is 6.44. The van der Waals surface area contributed by atoms with Gasteiger partial charge in [-0.15, -0.1) is 0 Å². The molecule has 0 aliphatic heterocycles. The first-order chi connectivity index (χ1) is 5.28. The highest BCUT2D eigenvalue weighted by Gasteiger charge is 2.98. The zero-order valence-corrected chi connectivity index (χ0v) is 6.57. The molecule has 0 aromatic carbocycles. The van der Waals surface area contributed by atoms with Gasteiger partial charge < -0.3 is 5.11 Å². The van der Waals surface area contributed by atoms with Crippen LogP contribution in [0, 0.1) is 46.8 Å². The van der Waals surface area contributed by atoms with Crippen LogP contribution in [-0.4, -0.2) is 11.2 Å². The molecule has 1 nitrogen and oxygen atoms in total. The molecule has 4 unspecified atom stereocenters. The first-order valence-electron chi connectivity index (χ1n) is 4.96. The van der Waals surface area contributed by atoms with E-state index in [0.29, 0.717) is 0 Å². The van der Waals surface area contributed by atoms with E-state index in [2.05, 4.69) is 6.92 Å². The van der Waals surface area contributed by atoms with Crippen molar-refractivity contribution in [3.8, 4) is 0 Å². The van der Waals surface area contributed by atoms with Gasteiger partial charge in [-0.1, -0.05) is 6.92 Å². The summed E-state index contributed by atoms with van der Waals surface area (Å²) in [6, 6.07) is 0. The summed E-state index contributed by atoms with van der Waals surface area (Å²) in [6.45, 7) is 2.48. The molecule has 6 aliphatic carbocycles. The van der Waals surface area contributed by atoms with Crippen molar-refractivity contribution in [2.24, 2.45) is 46.8 Å². The lowest BCUT2D eigenvalue weighted by Crippen LogP contribution is -2.87. The Hall–Kier alpha value is -0.0400. The highest BCUT2D eigenvalue weighted by molar-refractivity contribution is 5.44. The van der Waals surface area contributed by atoms with E-state index in [1.807, 2.05) is 0 Å². The van der Waals surface area contributed by atoms with Crippen LogP contribution in [0.3, 0.4) is 0 Å². The predicted octanol–water partition coefficient (Wildman–Crippen LogP) is 0.735. The molecular weight excluding hydrogens is 136 g/mol. The summed E-state index contributed by atoms with van der Waals surface area (Å²) < 4.78 is 0. The van der Waals surface area contributed by atoms with Crippen molar-refractivity contribution in [2.75, 3.05) is 0 Å². The van der Waals surface area contributed by atoms with Gasteiger partial charge in [-0.25, -0.2) is 0 Å². The first kappa shape index (κ1) is 4.86. The van der Waals surface area contributed by atoms with E-state index in [1.54, 1.807) is 0 Å². The summed E-state index contributed by atoms with van der Waals surface area (Å²) in [7, 11) is 0. The molecular formula is C10H12O. The molecule has 2 bridgehead atoms. The van der Waals surface area contributed by atoms with E-state index in [1.165, 1.54) is 0 Å². The van der Waals surface area contributed by atoms with Gasteiger partial charge in [-0.3, -0.25) is 0 Å². The van der Waals surface area contributed by atoms with Crippen molar-refractivity contribution < 1.29 is 5.11 Å². The molecule has 6 fully saturated rings. The standard InChI is InChI=1S/C10H12O/c1-10-6-3-2-4(6)8(10)5(7(3)10)9(2)11/h2-9,11H,1H3/t2?,3-,4-,5?,6?,7-,8+,9-,10?/m1/s1. The minimum Gasteiger partial charge on any atom is -0.393 e. The van der Waals surface area contributed by atoms with Crippen LogP contribution in [0.4, 0.5) is 0 Å². The van der Waals surface area contributed by atoms with Gasteiger partial charge in [-0.2, -0.15) is 0 Å². The average molecular weight is 148 g/mol. The Balaban J connectivity index is 1.84. The molecule has 11 heavy (non-hydrogen) atoms. The van der Waals surface area contributed by atoms with Crippen LogP contribution in [0.2, 0.25) is 0 Å². The molecule has 0 aromatic rings. The molecule has 0 radical (unpaired) electrons. The second-order valence-corrected chi connectivity index (χ2v) is 5.74. The summed E-state index contributed by atoms with van der Waals surface area (Å²) in [5.74, 6) is 6.66. The highest BCUT2D eigenvalue weighted by Crippen LogP contribution is 2.99. The summed E-state index contributed by atoms with van der Waals surface area (Å²) in [5, 5.41) is 9.86. The smallest absolute Gasteiger partial charge is 0.0608 e. The van der Waals surface area contributed by atoms with Crippen molar-refractivity contribution in [1.82, 2.24) is 0 Å². The quantitative estimate of drug-likeness (QED) is 0.537. The molecule has 6 saturated carbocycles. The second-order valence-electron chi connectivity index (χ2n) is 5.74. The molecule has 0 spiro atoms. The molecule has 6 aliphatic rings. The lowest BCUT2D eigenvalue weighted by atomic mass is 9.14. The van der Waals surface area contributed by atoms with Crippen molar-refractivity contribution in [3.05, 3.63) is 0 Å². The molecule has 6 rings (SSSR count). The van der Waals surface area contributed by atoms with Gasteiger partial charge in [0.2, 0.25) is 0 Å². The maximum Gasteiger partial charge on any atom is 0.0608 e. The van der Waals surface area contributed by atoms with Gasteiger partial charge in [0.25, 0.3) is 0 Å². The minimum absolute atomic E-state index is 0.145. The Kier molecular flexibility index (Phi) is 0.393. The Morgan fingerprint density at radius 1 is 0.909 bits per heavy atom. The predicted molar refractivity (Wildman–Crippen MR) is 38.5 cm³/mol. The Labute approximate surface area is 65.8 Å². The van der Waals surface area contributed by atoms with Crippen LogP contribution in [0.25, 0.3) is 0 Å². The maximum absolute atomic E-state index is 9.86. The molecule has 0 heterocycles. The van der Waals surface area contributed by atoms with Crippen LogP contribution in [-0.2, 0) is 0 Å². The van der Waals surface area contributed by atoms with E-state index in [4.69, 9.17) is 0 Å². The minimum atomic E-state index is 0.145. The van der Waals surface area contributed by atoms with Gasteiger partial charge in [0, 0.05) is 0 Å². The van der Waals surface area contributed by atoms with E-state index in [9.17, 15) is 5.11 Å². The maximum atomic E-state index is 9.86. The number of rotatable bonds is 0. The monoisotopic (exact) mass is 148 g/mol. The van der Waals surface area contributed by atoms with Crippen LogP contribution in [0.1, 0.15) is 6.92 Å². The Bertz CT molecular complexity index is 277. The third kappa shape index (κ3) is 0.188. The SMILES string of the molecule is CC12C3[C@H]4C5[C@@H](O)C([C@H]41)[C@H]2[C@H]53. The van der Waals surface area contributed by atoms with Gasteiger partial charge >= 0.3 is 0 Å². The molecule has 0 saturated heterocycles. The van der Waals surface area contributed by atoms with E-state index < -0.39 is 0 Å². The van der Waals surface area contributed by atoms with E-state index >= 15 is 0 Å². The molecule has 9 atom stereocenters. The van der Waals surface area contributed by atoms with Gasteiger partial charge in [0.15, 0.2) is 0 Å². The Morgan fingerprint density at radius 2 is 1.45 bits per heavy atom. The molecule has 0 aromatic heterocycles. The van der Waals surface area contributed by atoms with Crippen LogP contribution >= 0.6 is 0 Å². The fraction of sp³-hybridized carbons (Fsp3) is 1.00. The van der Waals surface area contributed by atoms with Crippen molar-refractivity contribution >= 4 is 0 Å². The van der Waals surface area contributed by atoms with Crippen molar-refractivity contribution in [3.63, 3.8) is 0 Å². The van der Waals surface area contributed by atoms with Crippen LogP contribution < -0.4 is 0 Å². The average Bonchev–Trinajstić information content (AvgIpc) is 2.16. The second kappa shape index (κ2) is 0.891. The summed E-state index contributed by atoms with van der Waals surface area (Å²) in [6.07, 6.45) is 0.145. The van der Waals surface area contributed by atoms with Gasteiger partial charge in [0.1, 0.15) is 0 Å². The number of hydrogen-bond donors (Lipinski definition) is 1. The van der Waals surface area contributed by atoms with E-state index in [-0.39, 0.29) is 6.10 Å².